The van der Waals surface area contributed by atoms with Crippen LogP contribution in [0, 0.1) is 0 Å². The number of nitrogens with one attached hydrogen (secondary N) is 1. The third-order valence-electron chi connectivity index (χ3n) is 3.56. The molecule has 0 spiro atoms. The molecule has 0 bridgehead atoms. The summed E-state index contributed by atoms with van der Waals surface area (Å²) >= 11 is 0. The van der Waals surface area contributed by atoms with Crippen molar-refractivity contribution in [2.24, 2.45) is 0 Å². The zero-order chi connectivity index (χ0) is 13.8. The van der Waals surface area contributed by atoms with Gasteiger partial charge in [-0.2, -0.15) is 0 Å². The first-order chi connectivity index (χ1) is 8.43. The first-order valence-corrected chi connectivity index (χ1v) is 6.75. The van der Waals surface area contributed by atoms with Crippen LogP contribution in [0.5, 0.6) is 0 Å². The first-order valence-electron chi connectivity index (χ1n) is 6.75. The number of carboxylic acid groups (broad SMARTS) is 1. The van der Waals surface area contributed by atoms with E-state index in [0.29, 0.717) is 19.4 Å². The van der Waals surface area contributed by atoms with Gasteiger partial charge in [-0.05, 0) is 33.1 Å². The Morgan fingerprint density at radius 3 is 2.28 bits per heavy atom. The highest BCUT2D eigenvalue weighted by Gasteiger charge is 2.43. The Morgan fingerprint density at radius 2 is 1.89 bits per heavy atom. The van der Waals surface area contributed by atoms with Crippen molar-refractivity contribution in [3.63, 3.8) is 0 Å². The summed E-state index contributed by atoms with van der Waals surface area (Å²) in [5, 5.41) is 12.1. The summed E-state index contributed by atoms with van der Waals surface area (Å²) in [6.45, 7) is 6.54. The van der Waals surface area contributed by atoms with Gasteiger partial charge in [-0.15, -0.1) is 0 Å². The third kappa shape index (κ3) is 3.15. The summed E-state index contributed by atoms with van der Waals surface area (Å²) in [6, 6.07) is -0.173. The van der Waals surface area contributed by atoms with E-state index in [1.165, 1.54) is 0 Å². The Kier molecular flexibility index (Phi) is 4.99. The van der Waals surface area contributed by atoms with E-state index in [0.717, 1.165) is 19.3 Å². The van der Waals surface area contributed by atoms with E-state index in [-0.39, 0.29) is 12.1 Å². The minimum atomic E-state index is -1.04. The topological polar surface area (TPSA) is 69.6 Å². The normalized spacial score (nSPS) is 17.8. The van der Waals surface area contributed by atoms with E-state index in [9.17, 15) is 14.7 Å². The summed E-state index contributed by atoms with van der Waals surface area (Å²) in [5.41, 5.74) is -1.04. The molecule has 0 saturated heterocycles. The standard InChI is InChI=1S/C13H24N2O3/c1-4-9-15(10(2)3)12(18)14-13(11(16)17)7-5-6-8-13/h10H,4-9H2,1-3H3,(H,14,18)(H,16,17). The Hall–Kier alpha value is -1.26. The Morgan fingerprint density at radius 1 is 1.33 bits per heavy atom. The van der Waals surface area contributed by atoms with Gasteiger partial charge in [0.05, 0.1) is 0 Å². The van der Waals surface area contributed by atoms with E-state index < -0.39 is 11.5 Å². The molecule has 104 valence electrons. The maximum absolute atomic E-state index is 12.2. The van der Waals surface area contributed by atoms with Gasteiger partial charge in [0.25, 0.3) is 0 Å². The first kappa shape index (κ1) is 14.8. The number of nitrogens with zero attached hydrogens (tertiary/aromatic N) is 1. The van der Waals surface area contributed by atoms with Crippen molar-refractivity contribution in [2.75, 3.05) is 6.54 Å². The zero-order valence-electron chi connectivity index (χ0n) is 11.5. The highest BCUT2D eigenvalue weighted by atomic mass is 16.4. The second kappa shape index (κ2) is 6.07. The van der Waals surface area contributed by atoms with Gasteiger partial charge in [0.2, 0.25) is 0 Å². The number of rotatable bonds is 5. The molecule has 1 fully saturated rings. The monoisotopic (exact) mass is 256 g/mol. The van der Waals surface area contributed by atoms with Gasteiger partial charge in [-0.1, -0.05) is 19.8 Å². The van der Waals surface area contributed by atoms with Gasteiger partial charge in [0, 0.05) is 12.6 Å². The van der Waals surface area contributed by atoms with Crippen LogP contribution in [-0.4, -0.2) is 40.1 Å². The van der Waals surface area contributed by atoms with Crippen molar-refractivity contribution in [1.29, 1.82) is 0 Å². The SMILES string of the molecule is CCCN(C(=O)NC1(C(=O)O)CCCC1)C(C)C. The van der Waals surface area contributed by atoms with Crippen molar-refractivity contribution in [3.8, 4) is 0 Å². The molecule has 2 amide bonds. The quantitative estimate of drug-likeness (QED) is 0.792. The smallest absolute Gasteiger partial charge is 0.329 e. The van der Waals surface area contributed by atoms with Crippen LogP contribution < -0.4 is 5.32 Å². The van der Waals surface area contributed by atoms with E-state index in [1.807, 2.05) is 20.8 Å². The highest BCUT2D eigenvalue weighted by molar-refractivity contribution is 5.86. The predicted molar refractivity (Wildman–Crippen MR) is 69.5 cm³/mol. The van der Waals surface area contributed by atoms with Gasteiger partial charge in [0.15, 0.2) is 0 Å². The van der Waals surface area contributed by atoms with Crippen molar-refractivity contribution < 1.29 is 14.7 Å². The lowest BCUT2D eigenvalue weighted by Crippen LogP contribution is -2.57. The number of carbonyl (C=O) groups is 2. The van der Waals surface area contributed by atoms with Crippen molar-refractivity contribution >= 4 is 12.0 Å². The van der Waals surface area contributed by atoms with E-state index in [2.05, 4.69) is 5.32 Å². The van der Waals surface area contributed by atoms with Crippen LogP contribution in [0.25, 0.3) is 0 Å². The van der Waals surface area contributed by atoms with E-state index >= 15 is 0 Å². The third-order valence-corrected chi connectivity index (χ3v) is 3.56. The second-order valence-corrected chi connectivity index (χ2v) is 5.31. The molecule has 0 aliphatic heterocycles. The minimum absolute atomic E-state index is 0.0807. The summed E-state index contributed by atoms with van der Waals surface area (Å²) in [6.07, 6.45) is 3.66. The molecular formula is C13H24N2O3. The molecule has 1 aliphatic rings. The Labute approximate surface area is 109 Å². The fourth-order valence-corrected chi connectivity index (χ4v) is 2.48. The number of hydrogen-bond acceptors (Lipinski definition) is 2. The molecule has 0 aromatic rings. The summed E-state index contributed by atoms with van der Waals surface area (Å²) in [5.74, 6) is -0.909. The van der Waals surface area contributed by atoms with Gasteiger partial charge in [0.1, 0.15) is 5.54 Å². The second-order valence-electron chi connectivity index (χ2n) is 5.31. The van der Waals surface area contributed by atoms with Crippen molar-refractivity contribution in [2.45, 2.75) is 64.5 Å². The van der Waals surface area contributed by atoms with Crippen LogP contribution in [-0.2, 0) is 4.79 Å². The van der Waals surface area contributed by atoms with Crippen molar-refractivity contribution in [1.82, 2.24) is 10.2 Å². The number of carbonyl (C=O) groups excluding carboxylic acids is 1. The van der Waals surface area contributed by atoms with Gasteiger partial charge in [-0.3, -0.25) is 0 Å². The van der Waals surface area contributed by atoms with Gasteiger partial charge in [-0.25, -0.2) is 9.59 Å². The van der Waals surface area contributed by atoms with E-state index in [1.54, 1.807) is 4.90 Å². The molecule has 2 N–H and O–H groups in total. The molecule has 0 unspecified atom stereocenters. The molecule has 5 heteroatoms. The van der Waals surface area contributed by atoms with Crippen LogP contribution in [0.1, 0.15) is 52.9 Å². The van der Waals surface area contributed by atoms with E-state index in [4.69, 9.17) is 0 Å². The average molecular weight is 256 g/mol. The molecule has 0 radical (unpaired) electrons. The molecule has 5 nitrogen and oxygen atoms in total. The molecule has 0 atom stereocenters. The largest absolute Gasteiger partial charge is 0.480 e. The van der Waals surface area contributed by atoms with Crippen LogP contribution in [0.2, 0.25) is 0 Å². The number of hydrogen-bond donors (Lipinski definition) is 2. The van der Waals surface area contributed by atoms with Gasteiger partial charge >= 0.3 is 12.0 Å². The Balaban J connectivity index is 2.74. The maximum atomic E-state index is 12.2. The maximum Gasteiger partial charge on any atom is 0.329 e. The van der Waals surface area contributed by atoms with Crippen LogP contribution in [0.15, 0.2) is 0 Å². The number of urea groups is 1. The summed E-state index contributed by atoms with van der Waals surface area (Å²) < 4.78 is 0. The van der Waals surface area contributed by atoms with Crippen molar-refractivity contribution in [3.05, 3.63) is 0 Å². The lowest BCUT2D eigenvalue weighted by Gasteiger charge is -2.32. The highest BCUT2D eigenvalue weighted by Crippen LogP contribution is 2.30. The number of amides is 2. The van der Waals surface area contributed by atoms with Gasteiger partial charge < -0.3 is 15.3 Å². The lowest BCUT2D eigenvalue weighted by molar-refractivity contribution is -0.144. The lowest BCUT2D eigenvalue weighted by atomic mass is 9.98. The summed E-state index contributed by atoms with van der Waals surface area (Å²) in [7, 11) is 0. The predicted octanol–water partition coefficient (Wildman–Crippen LogP) is 2.21. The molecule has 0 aromatic heterocycles. The molecule has 1 saturated carbocycles. The van der Waals surface area contributed by atoms with Crippen LogP contribution in [0.3, 0.4) is 0 Å². The fourth-order valence-electron chi connectivity index (χ4n) is 2.48. The number of carboxylic acids is 1. The minimum Gasteiger partial charge on any atom is -0.480 e. The molecule has 1 aliphatic carbocycles. The zero-order valence-corrected chi connectivity index (χ0v) is 11.5. The number of aliphatic carboxylic acids is 1. The molecule has 18 heavy (non-hydrogen) atoms. The molecular weight excluding hydrogens is 232 g/mol. The Bertz CT molecular complexity index is 309. The molecule has 0 heterocycles. The average Bonchev–Trinajstić information content (AvgIpc) is 2.75. The molecule has 0 aromatic carbocycles. The fraction of sp³-hybridized carbons (Fsp3) is 0.846. The molecule has 1 rings (SSSR count). The van der Waals surface area contributed by atoms with Crippen LogP contribution in [0.4, 0.5) is 4.79 Å². The summed E-state index contributed by atoms with van der Waals surface area (Å²) in [4.78, 5) is 25.3. The van der Waals surface area contributed by atoms with Crippen LogP contribution >= 0.6 is 0 Å².